The van der Waals surface area contributed by atoms with Crippen LogP contribution in [0.3, 0.4) is 0 Å². The van der Waals surface area contributed by atoms with Gasteiger partial charge in [0.25, 0.3) is 0 Å². The minimum atomic E-state index is -0.0204. The molecule has 1 atom stereocenters. The Balaban J connectivity index is 1.37. The van der Waals surface area contributed by atoms with Gasteiger partial charge in [0.1, 0.15) is 12.7 Å². The number of ether oxygens (including phenoxy) is 3. The van der Waals surface area contributed by atoms with Gasteiger partial charge in [-0.3, -0.25) is 0 Å². The first-order chi connectivity index (χ1) is 15.2. The van der Waals surface area contributed by atoms with Gasteiger partial charge in [0.05, 0.1) is 25.5 Å². The Morgan fingerprint density at radius 2 is 2.00 bits per heavy atom. The highest BCUT2D eigenvalue weighted by molar-refractivity contribution is 7.99. The van der Waals surface area contributed by atoms with Gasteiger partial charge in [-0.2, -0.15) is 0 Å². The van der Waals surface area contributed by atoms with Crippen LogP contribution >= 0.6 is 11.8 Å². The molecule has 160 valence electrons. The van der Waals surface area contributed by atoms with E-state index in [1.54, 1.807) is 11.8 Å². The highest BCUT2D eigenvalue weighted by Gasteiger charge is 2.30. The number of allylic oxidation sites excluding steroid dienone is 3. The molecule has 1 saturated heterocycles. The number of benzene rings is 2. The van der Waals surface area contributed by atoms with Crippen LogP contribution in [0.15, 0.2) is 88.0 Å². The molecular weight excluding hydrogens is 406 g/mol. The quantitative estimate of drug-likeness (QED) is 0.641. The van der Waals surface area contributed by atoms with Crippen LogP contribution in [0.2, 0.25) is 0 Å². The maximum Gasteiger partial charge on any atom is 0.194 e. The normalized spacial score (nSPS) is 20.8. The topological polar surface area (TPSA) is 30.9 Å². The monoisotopic (exact) mass is 433 g/mol. The van der Waals surface area contributed by atoms with Crippen LogP contribution in [0, 0.1) is 0 Å². The Morgan fingerprint density at radius 1 is 1.13 bits per heavy atom. The Bertz CT molecular complexity index is 1040. The zero-order chi connectivity index (χ0) is 21.2. The van der Waals surface area contributed by atoms with E-state index >= 15 is 0 Å². The molecule has 0 N–H and O–H groups in total. The maximum atomic E-state index is 6.21. The van der Waals surface area contributed by atoms with Crippen molar-refractivity contribution < 1.29 is 14.2 Å². The first kappa shape index (κ1) is 20.4. The lowest BCUT2D eigenvalue weighted by Gasteiger charge is -2.39. The van der Waals surface area contributed by atoms with Gasteiger partial charge in [-0.25, -0.2) is 0 Å². The minimum Gasteiger partial charge on any atom is -0.476 e. The fraction of sp³-hybridized carbons (Fsp3) is 0.308. The fourth-order valence-electron chi connectivity index (χ4n) is 4.23. The molecule has 0 aliphatic carbocycles. The third-order valence-electron chi connectivity index (χ3n) is 5.89. The molecule has 0 bridgehead atoms. The van der Waals surface area contributed by atoms with E-state index in [0.29, 0.717) is 26.4 Å². The molecule has 0 aromatic heterocycles. The Hall–Kier alpha value is -2.47. The van der Waals surface area contributed by atoms with Gasteiger partial charge in [0, 0.05) is 28.0 Å². The van der Waals surface area contributed by atoms with Gasteiger partial charge in [-0.05, 0) is 54.3 Å². The number of hydrogen-bond donors (Lipinski definition) is 0. The predicted octanol–water partition coefficient (Wildman–Crippen LogP) is 5.27. The summed E-state index contributed by atoms with van der Waals surface area (Å²) in [6.45, 7) is 9.68. The third kappa shape index (κ3) is 4.31. The van der Waals surface area contributed by atoms with Gasteiger partial charge in [0.2, 0.25) is 0 Å². The lowest BCUT2D eigenvalue weighted by Crippen LogP contribution is -2.36. The predicted molar refractivity (Wildman–Crippen MR) is 124 cm³/mol. The Kier molecular flexibility index (Phi) is 5.90. The van der Waals surface area contributed by atoms with Crippen molar-refractivity contribution in [2.75, 3.05) is 33.0 Å². The molecule has 0 amide bonds. The van der Waals surface area contributed by atoms with Crippen molar-refractivity contribution in [3.63, 3.8) is 0 Å². The van der Waals surface area contributed by atoms with Crippen molar-refractivity contribution in [1.82, 2.24) is 4.90 Å². The van der Waals surface area contributed by atoms with Crippen LogP contribution in [0.5, 0.6) is 0 Å². The minimum absolute atomic E-state index is 0.0204. The van der Waals surface area contributed by atoms with Crippen molar-refractivity contribution >= 4 is 17.5 Å². The standard InChI is InChI=1S/C26H27NO3S/c1-18-14-25(30-17-21-16-28-12-13-29-21)27-11-10-20-15-23(31-22-6-4-3-5-7-22)8-9-24(20)26(27)19(18)2/h3-9,14-15,21H,1,10-13,16-17H2,2H3/t21-/m0/s1. The molecule has 3 aliphatic heterocycles. The highest BCUT2D eigenvalue weighted by atomic mass is 32.2. The second-order valence-electron chi connectivity index (χ2n) is 8.00. The van der Waals surface area contributed by atoms with E-state index in [0.717, 1.165) is 24.4 Å². The van der Waals surface area contributed by atoms with Crippen molar-refractivity contribution in [2.45, 2.75) is 29.2 Å². The summed E-state index contributed by atoms with van der Waals surface area (Å²) in [7, 11) is 0. The number of hydrogen-bond acceptors (Lipinski definition) is 5. The summed E-state index contributed by atoms with van der Waals surface area (Å²) in [6, 6.07) is 17.3. The van der Waals surface area contributed by atoms with Crippen LogP contribution in [-0.2, 0) is 20.6 Å². The maximum absolute atomic E-state index is 6.21. The first-order valence-electron chi connectivity index (χ1n) is 10.8. The molecule has 3 heterocycles. The molecule has 3 aliphatic rings. The van der Waals surface area contributed by atoms with E-state index < -0.39 is 0 Å². The van der Waals surface area contributed by atoms with Crippen LogP contribution in [0.25, 0.3) is 5.70 Å². The molecule has 0 spiro atoms. The van der Waals surface area contributed by atoms with Crippen LogP contribution in [0.1, 0.15) is 18.1 Å². The van der Waals surface area contributed by atoms with Crippen molar-refractivity contribution in [3.05, 3.63) is 89.3 Å². The van der Waals surface area contributed by atoms with E-state index in [4.69, 9.17) is 14.2 Å². The lowest BCUT2D eigenvalue weighted by molar-refractivity contribution is -0.111. The van der Waals surface area contributed by atoms with Gasteiger partial charge in [0.15, 0.2) is 5.88 Å². The third-order valence-corrected chi connectivity index (χ3v) is 6.89. The van der Waals surface area contributed by atoms with E-state index in [2.05, 4.69) is 66.9 Å². The molecule has 31 heavy (non-hydrogen) atoms. The van der Waals surface area contributed by atoms with E-state index in [-0.39, 0.29) is 6.10 Å². The lowest BCUT2D eigenvalue weighted by atomic mass is 9.90. The molecule has 1 fully saturated rings. The summed E-state index contributed by atoms with van der Waals surface area (Å²) < 4.78 is 17.5. The summed E-state index contributed by atoms with van der Waals surface area (Å²) in [6.07, 6.45) is 3.01. The zero-order valence-electron chi connectivity index (χ0n) is 17.8. The zero-order valence-corrected chi connectivity index (χ0v) is 18.6. The SMILES string of the molecule is C=C1C=C(OC[C@@H]2COCCO2)N2CCc3cc(Sc4ccccc4)ccc3C2=C1C. The molecular formula is C26H27NO3S. The van der Waals surface area contributed by atoms with Crippen molar-refractivity contribution in [3.8, 4) is 0 Å². The van der Waals surface area contributed by atoms with Gasteiger partial charge < -0.3 is 19.1 Å². The number of fused-ring (bicyclic) bond motifs is 3. The molecule has 4 nitrogen and oxygen atoms in total. The second-order valence-corrected chi connectivity index (χ2v) is 9.14. The second kappa shape index (κ2) is 8.95. The molecule has 0 saturated carbocycles. The van der Waals surface area contributed by atoms with Crippen LogP contribution in [-0.4, -0.2) is 44.0 Å². The first-order valence-corrected chi connectivity index (χ1v) is 11.6. The summed E-state index contributed by atoms with van der Waals surface area (Å²) >= 11 is 1.81. The van der Waals surface area contributed by atoms with Crippen molar-refractivity contribution in [2.24, 2.45) is 0 Å². The number of nitrogens with zero attached hydrogens (tertiary/aromatic N) is 1. The summed E-state index contributed by atoms with van der Waals surface area (Å²) in [5, 5.41) is 0. The molecule has 5 heteroatoms. The molecule has 0 unspecified atom stereocenters. The van der Waals surface area contributed by atoms with E-state index in [9.17, 15) is 0 Å². The largest absolute Gasteiger partial charge is 0.476 e. The average molecular weight is 434 g/mol. The molecule has 2 aromatic carbocycles. The fourth-order valence-corrected chi connectivity index (χ4v) is 5.13. The summed E-state index contributed by atoms with van der Waals surface area (Å²) in [5.41, 5.74) is 6.06. The Labute approximate surface area is 188 Å². The molecule has 2 aromatic rings. The van der Waals surface area contributed by atoms with Gasteiger partial charge in [-0.1, -0.05) is 42.6 Å². The summed E-state index contributed by atoms with van der Waals surface area (Å²) in [5.74, 6) is 0.855. The average Bonchev–Trinajstić information content (AvgIpc) is 2.81. The number of rotatable bonds is 5. The smallest absolute Gasteiger partial charge is 0.194 e. The van der Waals surface area contributed by atoms with Gasteiger partial charge in [-0.15, -0.1) is 0 Å². The molecule has 5 rings (SSSR count). The Morgan fingerprint density at radius 3 is 2.81 bits per heavy atom. The summed E-state index contributed by atoms with van der Waals surface area (Å²) in [4.78, 5) is 4.82. The van der Waals surface area contributed by atoms with Crippen LogP contribution < -0.4 is 0 Å². The molecule has 0 radical (unpaired) electrons. The van der Waals surface area contributed by atoms with E-state index in [1.807, 2.05) is 6.08 Å². The van der Waals surface area contributed by atoms with Gasteiger partial charge >= 0.3 is 0 Å². The highest BCUT2D eigenvalue weighted by Crippen LogP contribution is 2.41. The van der Waals surface area contributed by atoms with Crippen molar-refractivity contribution in [1.29, 1.82) is 0 Å². The van der Waals surface area contributed by atoms with Crippen LogP contribution in [0.4, 0.5) is 0 Å². The van der Waals surface area contributed by atoms with E-state index in [1.165, 1.54) is 32.2 Å².